The number of pyridine rings is 1. The number of nitrogens with one attached hydrogen (secondary N) is 1. The van der Waals surface area contributed by atoms with Crippen molar-refractivity contribution in [3.63, 3.8) is 0 Å². The molecule has 1 aromatic carbocycles. The average molecular weight is 460 g/mol. The van der Waals surface area contributed by atoms with Crippen LogP contribution in [0.2, 0.25) is 0 Å². The van der Waals surface area contributed by atoms with Crippen LogP contribution in [0.5, 0.6) is 11.6 Å². The highest BCUT2D eigenvalue weighted by Gasteiger charge is 2.46. The minimum Gasteiger partial charge on any atom is -0.433 e. The van der Waals surface area contributed by atoms with Crippen LogP contribution in [0.25, 0.3) is 0 Å². The molecule has 32 heavy (non-hydrogen) atoms. The van der Waals surface area contributed by atoms with E-state index in [1.807, 2.05) is 0 Å². The summed E-state index contributed by atoms with van der Waals surface area (Å²) in [5.41, 5.74) is 2.72. The lowest BCUT2D eigenvalue weighted by atomic mass is 9.90. The highest BCUT2D eigenvalue weighted by molar-refractivity contribution is 5.86. The molecular formula is C19H17F5N4O4. The number of amides is 1. The Bertz CT molecular complexity index is 1040. The first-order valence-electron chi connectivity index (χ1n) is 9.01. The van der Waals surface area contributed by atoms with Crippen LogP contribution in [0.15, 0.2) is 35.5 Å². The number of ether oxygens (including phenoxy) is 3. The highest BCUT2D eigenvalue weighted by atomic mass is 19.3. The van der Waals surface area contributed by atoms with Crippen LogP contribution in [-0.4, -0.2) is 43.2 Å². The molecule has 1 aromatic heterocycles. The van der Waals surface area contributed by atoms with Gasteiger partial charge in [-0.05, 0) is 31.2 Å². The van der Waals surface area contributed by atoms with Gasteiger partial charge in [0.15, 0.2) is 5.54 Å². The number of hydrogen-bond donors (Lipinski definition) is 2. The van der Waals surface area contributed by atoms with Gasteiger partial charge in [0.25, 0.3) is 6.43 Å². The maximum Gasteiger partial charge on any atom is 0.418 e. The molecule has 1 aliphatic heterocycles. The maximum atomic E-state index is 14.4. The number of nitrogens with two attached hydrogens (primary N) is 1. The van der Waals surface area contributed by atoms with Gasteiger partial charge < -0.3 is 19.9 Å². The van der Waals surface area contributed by atoms with E-state index >= 15 is 0 Å². The van der Waals surface area contributed by atoms with Gasteiger partial charge in [-0.1, -0.05) is 0 Å². The Hall–Kier alpha value is -3.48. The number of rotatable bonds is 6. The van der Waals surface area contributed by atoms with E-state index in [1.54, 1.807) is 0 Å². The SMILES string of the molecule is Cc1cc(OC(F)F)cnc1OC(=O)Nc1ccc(F)c([C@]2(C(F)F)COCC(N)=N2)c1. The van der Waals surface area contributed by atoms with Crippen molar-refractivity contribution in [2.24, 2.45) is 10.7 Å². The first kappa shape index (κ1) is 23.2. The van der Waals surface area contributed by atoms with Gasteiger partial charge in [-0.25, -0.2) is 22.9 Å². The van der Waals surface area contributed by atoms with Gasteiger partial charge >= 0.3 is 12.7 Å². The number of benzene rings is 1. The van der Waals surface area contributed by atoms with Crippen molar-refractivity contribution >= 4 is 17.6 Å². The van der Waals surface area contributed by atoms with Gasteiger partial charge in [-0.3, -0.25) is 10.3 Å². The number of aliphatic imine (C=N–C) groups is 1. The number of amidine groups is 1. The molecule has 0 unspecified atom stereocenters. The Labute approximate surface area is 178 Å². The molecule has 8 nitrogen and oxygen atoms in total. The largest absolute Gasteiger partial charge is 0.433 e. The van der Waals surface area contributed by atoms with E-state index in [1.165, 1.54) is 13.0 Å². The summed E-state index contributed by atoms with van der Waals surface area (Å²) in [6.07, 6.45) is -3.32. The van der Waals surface area contributed by atoms with Gasteiger partial charge in [0, 0.05) is 16.8 Å². The zero-order chi connectivity index (χ0) is 23.5. The van der Waals surface area contributed by atoms with Gasteiger partial charge in [0.2, 0.25) is 5.88 Å². The van der Waals surface area contributed by atoms with E-state index in [0.29, 0.717) is 0 Å². The van der Waals surface area contributed by atoms with Gasteiger partial charge in [-0.2, -0.15) is 8.78 Å². The second-order valence-electron chi connectivity index (χ2n) is 6.70. The van der Waals surface area contributed by atoms with Crippen molar-refractivity contribution in [1.29, 1.82) is 0 Å². The Morgan fingerprint density at radius 3 is 2.66 bits per heavy atom. The van der Waals surface area contributed by atoms with Crippen molar-refractivity contribution in [1.82, 2.24) is 4.98 Å². The summed E-state index contributed by atoms with van der Waals surface area (Å²) >= 11 is 0. The Kier molecular flexibility index (Phi) is 6.77. The third kappa shape index (κ3) is 5.04. The lowest BCUT2D eigenvalue weighted by Crippen LogP contribution is -2.45. The molecule has 2 heterocycles. The molecule has 1 atom stereocenters. The zero-order valence-corrected chi connectivity index (χ0v) is 16.5. The second kappa shape index (κ2) is 9.34. The molecule has 0 radical (unpaired) electrons. The standard InChI is InChI=1S/C19H17F5N4O4/c1-9-4-11(31-17(23)24)6-26-15(9)32-18(29)27-10-2-3-13(20)12(5-10)19(16(21)22)8-30-7-14(25)28-19/h2-6,16-17H,7-8H2,1H3,(H2,25,28)(H,27,29)/t19-/m0/s1. The Balaban J connectivity index is 1.80. The summed E-state index contributed by atoms with van der Waals surface area (Å²) in [5.74, 6) is -1.68. The van der Waals surface area contributed by atoms with Crippen LogP contribution in [-0.2, 0) is 10.3 Å². The normalized spacial score (nSPS) is 18.4. The number of alkyl halides is 4. The van der Waals surface area contributed by atoms with Crippen LogP contribution in [0, 0.1) is 12.7 Å². The molecule has 0 saturated heterocycles. The quantitative estimate of drug-likeness (QED) is 0.638. The molecule has 0 saturated carbocycles. The molecule has 0 fully saturated rings. The molecule has 0 bridgehead atoms. The third-order valence-electron chi connectivity index (χ3n) is 4.38. The summed E-state index contributed by atoms with van der Waals surface area (Å²) in [7, 11) is 0. The third-order valence-corrected chi connectivity index (χ3v) is 4.38. The topological polar surface area (TPSA) is 108 Å². The number of carbonyl (C=O) groups is 1. The first-order chi connectivity index (χ1) is 15.1. The van der Waals surface area contributed by atoms with Crippen molar-refractivity contribution in [3.05, 3.63) is 47.4 Å². The molecule has 0 aliphatic carbocycles. The predicted molar refractivity (Wildman–Crippen MR) is 102 cm³/mol. The number of hydrogen-bond acceptors (Lipinski definition) is 7. The fraction of sp³-hybridized carbons (Fsp3) is 0.316. The van der Waals surface area contributed by atoms with Gasteiger partial charge in [-0.15, -0.1) is 0 Å². The molecule has 172 valence electrons. The molecule has 1 amide bonds. The summed E-state index contributed by atoms with van der Waals surface area (Å²) < 4.78 is 80.9. The Morgan fingerprint density at radius 1 is 1.28 bits per heavy atom. The number of aromatic nitrogens is 1. The number of aryl methyl sites for hydroxylation is 1. The van der Waals surface area contributed by atoms with Crippen molar-refractivity contribution in [3.8, 4) is 11.6 Å². The van der Waals surface area contributed by atoms with Gasteiger partial charge in [0.05, 0.1) is 12.8 Å². The van der Waals surface area contributed by atoms with Crippen LogP contribution < -0.4 is 20.5 Å². The van der Waals surface area contributed by atoms with Crippen LogP contribution >= 0.6 is 0 Å². The lowest BCUT2D eigenvalue weighted by molar-refractivity contribution is -0.0501. The molecule has 13 heteroatoms. The summed E-state index contributed by atoms with van der Waals surface area (Å²) in [5, 5.41) is 2.25. The average Bonchev–Trinajstić information content (AvgIpc) is 2.71. The summed E-state index contributed by atoms with van der Waals surface area (Å²) in [6.45, 7) is -2.41. The van der Waals surface area contributed by atoms with Crippen molar-refractivity contribution in [2.75, 3.05) is 18.5 Å². The molecule has 3 N–H and O–H groups in total. The minimum atomic E-state index is -3.15. The van der Waals surface area contributed by atoms with E-state index in [9.17, 15) is 26.7 Å². The fourth-order valence-electron chi connectivity index (χ4n) is 2.98. The smallest absolute Gasteiger partial charge is 0.418 e. The monoisotopic (exact) mass is 460 g/mol. The molecule has 2 aromatic rings. The predicted octanol–water partition coefficient (Wildman–Crippen LogP) is 3.59. The van der Waals surface area contributed by atoms with Crippen LogP contribution in [0.4, 0.5) is 32.4 Å². The lowest BCUT2D eigenvalue weighted by Gasteiger charge is -2.33. The zero-order valence-electron chi connectivity index (χ0n) is 16.5. The summed E-state index contributed by atoms with van der Waals surface area (Å²) in [6, 6.07) is 4.13. The number of anilines is 1. The van der Waals surface area contributed by atoms with E-state index in [2.05, 4.69) is 20.0 Å². The summed E-state index contributed by atoms with van der Waals surface area (Å²) in [4.78, 5) is 19.6. The van der Waals surface area contributed by atoms with E-state index in [4.69, 9.17) is 15.2 Å². The molecule has 1 aliphatic rings. The number of carbonyl (C=O) groups excluding carboxylic acids is 1. The molecule has 3 rings (SSSR count). The highest BCUT2D eigenvalue weighted by Crippen LogP contribution is 2.38. The molecular weight excluding hydrogens is 443 g/mol. The van der Waals surface area contributed by atoms with Crippen LogP contribution in [0.1, 0.15) is 11.1 Å². The van der Waals surface area contributed by atoms with Gasteiger partial charge in [0.1, 0.15) is 24.0 Å². The van der Waals surface area contributed by atoms with E-state index in [-0.39, 0.29) is 35.3 Å². The maximum absolute atomic E-state index is 14.4. The fourth-order valence-corrected chi connectivity index (χ4v) is 2.98. The van der Waals surface area contributed by atoms with E-state index in [0.717, 1.165) is 24.4 Å². The minimum absolute atomic E-state index is 0.0823. The van der Waals surface area contributed by atoms with Crippen molar-refractivity contribution in [2.45, 2.75) is 25.5 Å². The second-order valence-corrected chi connectivity index (χ2v) is 6.70. The van der Waals surface area contributed by atoms with Crippen molar-refractivity contribution < 1.29 is 41.0 Å². The van der Waals surface area contributed by atoms with E-state index < -0.39 is 42.7 Å². The molecule has 0 spiro atoms. The number of halogens is 5. The first-order valence-corrected chi connectivity index (χ1v) is 9.01. The van der Waals surface area contributed by atoms with Crippen LogP contribution in [0.3, 0.4) is 0 Å². The number of nitrogens with zero attached hydrogens (tertiary/aromatic N) is 2. The Morgan fingerprint density at radius 2 is 2.03 bits per heavy atom.